The van der Waals surface area contributed by atoms with Gasteiger partial charge in [0.2, 0.25) is 5.88 Å². The molecule has 5 rings (SSSR count). The normalized spacial score (nSPS) is 20.2. The van der Waals surface area contributed by atoms with Crippen molar-refractivity contribution in [3.63, 3.8) is 0 Å². The van der Waals surface area contributed by atoms with Crippen LogP contribution in [-0.2, 0) is 11.3 Å². The second-order valence-corrected chi connectivity index (χ2v) is 7.93. The molecule has 2 atom stereocenters. The molecule has 1 fully saturated rings. The molecule has 0 aliphatic carbocycles. The molecule has 168 valence electrons. The largest absolute Gasteiger partial charge is 0.488 e. The summed E-state index contributed by atoms with van der Waals surface area (Å²) in [5, 5.41) is 3.58. The summed E-state index contributed by atoms with van der Waals surface area (Å²) in [6.45, 7) is 3.11. The van der Waals surface area contributed by atoms with Crippen LogP contribution >= 0.6 is 0 Å². The lowest BCUT2D eigenvalue weighted by atomic mass is 10.0. The number of fused-ring (bicyclic) bond motifs is 2. The predicted molar refractivity (Wildman–Crippen MR) is 119 cm³/mol. The van der Waals surface area contributed by atoms with Gasteiger partial charge in [0.15, 0.2) is 11.5 Å². The number of nitrogens with zero attached hydrogens (tertiary/aromatic N) is 2. The summed E-state index contributed by atoms with van der Waals surface area (Å²) in [6, 6.07) is 11.9. The summed E-state index contributed by atoms with van der Waals surface area (Å²) in [4.78, 5) is 8.81. The van der Waals surface area contributed by atoms with E-state index in [-0.39, 0.29) is 6.10 Å². The number of methoxy groups -OCH3 is 1. The zero-order chi connectivity index (χ0) is 21.8. The number of benzene rings is 1. The van der Waals surface area contributed by atoms with Crippen LogP contribution in [0, 0.1) is 0 Å². The van der Waals surface area contributed by atoms with E-state index >= 15 is 0 Å². The third kappa shape index (κ3) is 4.71. The van der Waals surface area contributed by atoms with Crippen LogP contribution in [0.4, 0.5) is 0 Å². The number of rotatable bonds is 7. The molecule has 0 amide bonds. The van der Waals surface area contributed by atoms with E-state index in [0.29, 0.717) is 49.6 Å². The molecule has 2 aliphatic heterocycles. The SMILES string of the molecule is COc1ccc2nccc(OC[C@@H]3CC[C@@H](NCc4ccc5c(c4)OCCO5)CO3)c2n1. The van der Waals surface area contributed by atoms with Gasteiger partial charge in [-0.1, -0.05) is 6.07 Å². The Bertz CT molecular complexity index is 1070. The van der Waals surface area contributed by atoms with Crippen LogP contribution in [0.15, 0.2) is 42.6 Å². The van der Waals surface area contributed by atoms with Gasteiger partial charge < -0.3 is 29.0 Å². The number of aromatic nitrogens is 2. The maximum atomic E-state index is 6.06. The lowest BCUT2D eigenvalue weighted by Crippen LogP contribution is -2.41. The quantitative estimate of drug-likeness (QED) is 0.604. The molecule has 0 radical (unpaired) electrons. The lowest BCUT2D eigenvalue weighted by Gasteiger charge is -2.30. The highest BCUT2D eigenvalue weighted by atomic mass is 16.6. The molecule has 0 spiro atoms. The van der Waals surface area contributed by atoms with Crippen molar-refractivity contribution in [1.82, 2.24) is 15.3 Å². The van der Waals surface area contributed by atoms with Gasteiger partial charge in [-0.15, -0.1) is 0 Å². The Hall–Kier alpha value is -3.10. The molecule has 2 aromatic heterocycles. The molecule has 2 aliphatic rings. The van der Waals surface area contributed by atoms with Gasteiger partial charge in [-0.05, 0) is 36.6 Å². The summed E-state index contributed by atoms with van der Waals surface area (Å²) in [6.07, 6.45) is 3.74. The third-order valence-corrected chi connectivity index (χ3v) is 5.73. The van der Waals surface area contributed by atoms with E-state index in [4.69, 9.17) is 23.7 Å². The number of nitrogens with one attached hydrogen (secondary N) is 1. The first-order chi connectivity index (χ1) is 15.8. The molecule has 8 nitrogen and oxygen atoms in total. The van der Waals surface area contributed by atoms with Crippen molar-refractivity contribution in [2.75, 3.05) is 33.5 Å². The fourth-order valence-electron chi connectivity index (χ4n) is 3.95. The van der Waals surface area contributed by atoms with E-state index in [9.17, 15) is 0 Å². The van der Waals surface area contributed by atoms with Gasteiger partial charge >= 0.3 is 0 Å². The molecule has 1 saturated heterocycles. The zero-order valence-corrected chi connectivity index (χ0v) is 18.1. The average Bonchev–Trinajstić information content (AvgIpc) is 2.86. The van der Waals surface area contributed by atoms with Crippen LogP contribution in [-0.4, -0.2) is 55.7 Å². The number of ether oxygens (including phenoxy) is 5. The van der Waals surface area contributed by atoms with Crippen molar-refractivity contribution in [1.29, 1.82) is 0 Å². The second-order valence-electron chi connectivity index (χ2n) is 7.93. The molecule has 0 saturated carbocycles. The first-order valence-electron chi connectivity index (χ1n) is 10.9. The molecular formula is C24H27N3O5. The van der Waals surface area contributed by atoms with Crippen molar-refractivity contribution in [3.8, 4) is 23.1 Å². The molecule has 3 aromatic rings. The van der Waals surface area contributed by atoms with Crippen molar-refractivity contribution < 1.29 is 23.7 Å². The van der Waals surface area contributed by atoms with Gasteiger partial charge in [0.1, 0.15) is 31.1 Å². The summed E-state index contributed by atoms with van der Waals surface area (Å²) in [7, 11) is 1.60. The van der Waals surface area contributed by atoms with Crippen LogP contribution < -0.4 is 24.3 Å². The molecular weight excluding hydrogens is 410 g/mol. The fourth-order valence-corrected chi connectivity index (χ4v) is 3.95. The molecule has 0 bridgehead atoms. The first kappa shape index (κ1) is 20.8. The summed E-state index contributed by atoms with van der Waals surface area (Å²) in [5.41, 5.74) is 2.64. The molecule has 32 heavy (non-hydrogen) atoms. The van der Waals surface area contributed by atoms with Crippen molar-refractivity contribution in [3.05, 3.63) is 48.2 Å². The van der Waals surface area contributed by atoms with E-state index in [1.807, 2.05) is 24.3 Å². The van der Waals surface area contributed by atoms with Crippen LogP contribution in [0.3, 0.4) is 0 Å². The van der Waals surface area contributed by atoms with E-state index < -0.39 is 0 Å². The smallest absolute Gasteiger partial charge is 0.213 e. The van der Waals surface area contributed by atoms with Crippen molar-refractivity contribution in [2.24, 2.45) is 0 Å². The third-order valence-electron chi connectivity index (χ3n) is 5.73. The minimum Gasteiger partial charge on any atom is -0.488 e. The second kappa shape index (κ2) is 9.58. The van der Waals surface area contributed by atoms with Gasteiger partial charge in [0, 0.05) is 30.9 Å². The zero-order valence-electron chi connectivity index (χ0n) is 18.1. The standard InChI is InChI=1S/C24H27N3O5/c1-28-23-7-5-19-24(27-23)21(8-9-25-19)32-15-18-4-3-17(14-31-18)26-13-16-2-6-20-22(12-16)30-11-10-29-20/h2,5-9,12,17-18,26H,3-4,10-11,13-15H2,1H3/t17-,18+/m1/s1. The van der Waals surface area contributed by atoms with E-state index in [0.717, 1.165) is 36.4 Å². The minimum atomic E-state index is 0.0520. The van der Waals surface area contributed by atoms with Crippen LogP contribution in [0.25, 0.3) is 11.0 Å². The van der Waals surface area contributed by atoms with Gasteiger partial charge in [0.25, 0.3) is 0 Å². The summed E-state index contributed by atoms with van der Waals surface area (Å²) < 4.78 is 28.6. The Balaban J connectivity index is 1.10. The topological polar surface area (TPSA) is 84.0 Å². The van der Waals surface area contributed by atoms with Gasteiger partial charge in [0.05, 0.1) is 25.3 Å². The van der Waals surface area contributed by atoms with Gasteiger partial charge in [-0.3, -0.25) is 4.98 Å². The Morgan fingerprint density at radius 2 is 1.97 bits per heavy atom. The summed E-state index contributed by atoms with van der Waals surface area (Å²) in [5.74, 6) is 2.87. The monoisotopic (exact) mass is 437 g/mol. The Labute approximate surface area is 186 Å². The lowest BCUT2D eigenvalue weighted by molar-refractivity contribution is -0.0262. The minimum absolute atomic E-state index is 0.0520. The van der Waals surface area contributed by atoms with Crippen molar-refractivity contribution >= 4 is 11.0 Å². The number of hydrogen-bond acceptors (Lipinski definition) is 8. The molecule has 4 heterocycles. The molecule has 8 heteroatoms. The molecule has 1 N–H and O–H groups in total. The highest BCUT2D eigenvalue weighted by Gasteiger charge is 2.22. The molecule has 1 aromatic carbocycles. The van der Waals surface area contributed by atoms with Crippen LogP contribution in [0.2, 0.25) is 0 Å². The first-order valence-corrected chi connectivity index (χ1v) is 10.9. The molecule has 0 unspecified atom stereocenters. The van der Waals surface area contributed by atoms with Crippen LogP contribution in [0.1, 0.15) is 18.4 Å². The Morgan fingerprint density at radius 3 is 2.81 bits per heavy atom. The van der Waals surface area contributed by atoms with E-state index in [1.54, 1.807) is 19.4 Å². The number of pyridine rings is 2. The maximum Gasteiger partial charge on any atom is 0.213 e. The maximum absolute atomic E-state index is 6.06. The predicted octanol–water partition coefficient (Wildman–Crippen LogP) is 3.13. The highest BCUT2D eigenvalue weighted by molar-refractivity contribution is 5.81. The van der Waals surface area contributed by atoms with E-state index in [1.165, 1.54) is 5.56 Å². The Kier molecular flexibility index (Phi) is 6.22. The average molecular weight is 437 g/mol. The summed E-state index contributed by atoms with van der Waals surface area (Å²) >= 11 is 0. The highest BCUT2D eigenvalue weighted by Crippen LogP contribution is 2.31. The fraction of sp³-hybridized carbons (Fsp3) is 0.417. The van der Waals surface area contributed by atoms with Gasteiger partial charge in [-0.2, -0.15) is 0 Å². The van der Waals surface area contributed by atoms with Crippen LogP contribution in [0.5, 0.6) is 23.1 Å². The van der Waals surface area contributed by atoms with Crippen molar-refractivity contribution in [2.45, 2.75) is 31.5 Å². The van der Waals surface area contributed by atoms with Gasteiger partial charge in [-0.25, -0.2) is 4.98 Å². The van der Waals surface area contributed by atoms with E-state index in [2.05, 4.69) is 21.4 Å². The number of hydrogen-bond donors (Lipinski definition) is 1. The Morgan fingerprint density at radius 1 is 1.06 bits per heavy atom.